The number of benzene rings is 1. The van der Waals surface area contributed by atoms with Crippen LogP contribution in [0.25, 0.3) is 10.2 Å². The molecule has 1 saturated heterocycles. The molecule has 1 atom stereocenters. The predicted molar refractivity (Wildman–Crippen MR) is 130 cm³/mol. The summed E-state index contributed by atoms with van der Waals surface area (Å²) in [4.78, 5) is 36.4. The number of nitrogens with zero attached hydrogens (tertiary/aromatic N) is 3. The molecule has 1 N–H and O–H groups in total. The highest BCUT2D eigenvalue weighted by Crippen LogP contribution is 2.34. The molecule has 0 bridgehead atoms. The van der Waals surface area contributed by atoms with E-state index in [9.17, 15) is 9.59 Å². The van der Waals surface area contributed by atoms with E-state index in [-0.39, 0.29) is 11.5 Å². The van der Waals surface area contributed by atoms with Gasteiger partial charge in [-0.25, -0.2) is 4.98 Å². The number of hydrogen-bond donors (Lipinski definition) is 1. The zero-order chi connectivity index (χ0) is 22.2. The van der Waals surface area contributed by atoms with Gasteiger partial charge in [0.2, 0.25) is 5.91 Å². The van der Waals surface area contributed by atoms with Crippen molar-refractivity contribution in [2.24, 2.45) is 0 Å². The second-order valence-corrected chi connectivity index (χ2v) is 10.2. The monoisotopic (exact) mass is 470 g/mol. The van der Waals surface area contributed by atoms with Crippen molar-refractivity contribution in [1.82, 2.24) is 14.5 Å². The number of hydrogen-bond acceptors (Lipinski definition) is 5. The first-order valence-electron chi connectivity index (χ1n) is 11.4. The highest BCUT2D eigenvalue weighted by atomic mass is 35.5. The van der Waals surface area contributed by atoms with E-state index in [0.717, 1.165) is 62.0 Å². The molecule has 8 heteroatoms. The van der Waals surface area contributed by atoms with Crippen LogP contribution in [0.3, 0.4) is 0 Å². The maximum absolute atomic E-state index is 13.8. The second kappa shape index (κ2) is 8.96. The molecule has 2 aromatic heterocycles. The number of aryl methyl sites for hydroxylation is 2. The van der Waals surface area contributed by atoms with Gasteiger partial charge in [0.1, 0.15) is 16.7 Å². The Bertz CT molecular complexity index is 1230. The minimum absolute atomic E-state index is 0.0922. The molecule has 168 valence electrons. The first-order chi connectivity index (χ1) is 15.5. The number of aromatic nitrogens is 2. The van der Waals surface area contributed by atoms with Crippen LogP contribution >= 0.6 is 22.9 Å². The fourth-order valence-corrected chi connectivity index (χ4v) is 6.28. The normalized spacial score (nSPS) is 17.4. The van der Waals surface area contributed by atoms with Gasteiger partial charge in [-0.05, 0) is 76.2 Å². The maximum atomic E-state index is 13.8. The van der Waals surface area contributed by atoms with Crippen LogP contribution in [0.4, 0.5) is 5.69 Å². The fraction of sp³-hybridized carbons (Fsp3) is 0.458. The summed E-state index contributed by atoms with van der Waals surface area (Å²) < 4.78 is 1.62. The number of fused-ring (bicyclic) bond motifs is 3. The Morgan fingerprint density at radius 1 is 1.19 bits per heavy atom. The Kier molecular flexibility index (Phi) is 6.05. The average Bonchev–Trinajstić information content (AvgIpc) is 3.42. The van der Waals surface area contributed by atoms with Crippen LogP contribution in [0.5, 0.6) is 0 Å². The Morgan fingerprint density at radius 3 is 2.72 bits per heavy atom. The van der Waals surface area contributed by atoms with Crippen LogP contribution in [0.15, 0.2) is 29.1 Å². The van der Waals surface area contributed by atoms with Crippen LogP contribution in [0.1, 0.15) is 54.9 Å². The van der Waals surface area contributed by atoms with Gasteiger partial charge >= 0.3 is 0 Å². The van der Waals surface area contributed by atoms with E-state index in [0.29, 0.717) is 28.5 Å². The average molecular weight is 471 g/mol. The highest BCUT2D eigenvalue weighted by Gasteiger charge is 2.27. The number of anilines is 1. The first-order valence-corrected chi connectivity index (χ1v) is 12.6. The Hall–Kier alpha value is -2.22. The molecule has 1 amide bonds. The topological polar surface area (TPSA) is 67.2 Å². The summed E-state index contributed by atoms with van der Waals surface area (Å²) >= 11 is 7.90. The summed E-state index contributed by atoms with van der Waals surface area (Å²) in [6.45, 7) is 4.34. The molecular formula is C24H27ClN4O2S. The molecule has 3 heterocycles. The molecule has 1 unspecified atom stereocenters. The maximum Gasteiger partial charge on any atom is 0.263 e. The van der Waals surface area contributed by atoms with E-state index in [4.69, 9.17) is 16.6 Å². The van der Waals surface area contributed by atoms with Gasteiger partial charge in [-0.1, -0.05) is 23.7 Å². The molecule has 3 aromatic rings. The van der Waals surface area contributed by atoms with E-state index in [2.05, 4.69) is 10.2 Å². The van der Waals surface area contributed by atoms with Crippen LogP contribution in [-0.2, 0) is 24.2 Å². The molecule has 1 aromatic carbocycles. The summed E-state index contributed by atoms with van der Waals surface area (Å²) in [6, 6.07) is 6.43. The summed E-state index contributed by atoms with van der Waals surface area (Å²) in [7, 11) is 0. The highest BCUT2D eigenvalue weighted by molar-refractivity contribution is 7.18. The number of carbonyl (C=O) groups excluding carboxylic acids is 1. The minimum atomic E-state index is -0.701. The van der Waals surface area contributed by atoms with E-state index in [1.165, 1.54) is 4.88 Å². The van der Waals surface area contributed by atoms with Crippen LogP contribution < -0.4 is 10.9 Å². The van der Waals surface area contributed by atoms with Crippen LogP contribution in [-0.4, -0.2) is 33.4 Å². The molecule has 1 aliphatic heterocycles. The SMILES string of the molecule is CC(C(=O)Nc1ccccc1Cl)n1c(CN2CCCC2)nc2sc3c(c2c1=O)CCCC3. The quantitative estimate of drug-likeness (QED) is 0.582. The molecule has 2 aliphatic rings. The van der Waals surface area contributed by atoms with Gasteiger partial charge in [0.15, 0.2) is 0 Å². The van der Waals surface area contributed by atoms with Gasteiger partial charge in [-0.3, -0.25) is 19.1 Å². The molecule has 6 nitrogen and oxygen atoms in total. The number of nitrogens with one attached hydrogen (secondary N) is 1. The van der Waals surface area contributed by atoms with Crippen molar-refractivity contribution < 1.29 is 4.79 Å². The molecule has 5 rings (SSSR count). The first kappa shape index (κ1) is 21.6. The van der Waals surface area contributed by atoms with Crippen molar-refractivity contribution in [1.29, 1.82) is 0 Å². The van der Waals surface area contributed by atoms with Gasteiger partial charge in [-0.15, -0.1) is 11.3 Å². The van der Waals surface area contributed by atoms with Crippen molar-refractivity contribution in [3.63, 3.8) is 0 Å². The molecule has 1 fully saturated rings. The van der Waals surface area contributed by atoms with Crippen molar-refractivity contribution in [3.8, 4) is 0 Å². The molecule has 0 saturated carbocycles. The zero-order valence-corrected chi connectivity index (χ0v) is 19.8. The number of amides is 1. The standard InChI is InChI=1S/C24H27ClN4O2S/c1-15(22(30)26-18-10-4-3-9-17(18)25)29-20(14-28-12-6-7-13-28)27-23-21(24(29)31)16-8-2-5-11-19(16)32-23/h3-4,9-10,15H,2,5-8,11-14H2,1H3,(H,26,30). The van der Waals surface area contributed by atoms with Crippen molar-refractivity contribution >= 4 is 44.7 Å². The lowest BCUT2D eigenvalue weighted by atomic mass is 9.97. The Balaban J connectivity index is 1.58. The van der Waals surface area contributed by atoms with E-state index in [1.807, 2.05) is 12.1 Å². The molecule has 1 aliphatic carbocycles. The second-order valence-electron chi connectivity index (χ2n) is 8.72. The third-order valence-corrected chi connectivity index (χ3v) is 8.07. The smallest absolute Gasteiger partial charge is 0.263 e. The fourth-order valence-electron chi connectivity index (χ4n) is 4.83. The number of likely N-dealkylation sites (tertiary alicyclic amines) is 1. The molecule has 0 spiro atoms. The van der Waals surface area contributed by atoms with Crippen LogP contribution in [0.2, 0.25) is 5.02 Å². The third kappa shape index (κ3) is 3.98. The van der Waals surface area contributed by atoms with Gasteiger partial charge < -0.3 is 5.32 Å². The Morgan fingerprint density at radius 2 is 1.94 bits per heavy atom. The number of rotatable bonds is 5. The number of para-hydroxylation sites is 1. The van der Waals surface area contributed by atoms with Crippen molar-refractivity contribution in [3.05, 3.63) is 55.9 Å². The van der Waals surface area contributed by atoms with E-state index in [1.54, 1.807) is 35.0 Å². The number of carbonyl (C=O) groups is 1. The zero-order valence-electron chi connectivity index (χ0n) is 18.2. The summed E-state index contributed by atoms with van der Waals surface area (Å²) in [5.41, 5.74) is 1.60. The summed E-state index contributed by atoms with van der Waals surface area (Å²) in [5.74, 6) is 0.401. The van der Waals surface area contributed by atoms with Gasteiger partial charge in [0, 0.05) is 4.88 Å². The Labute approximate surface area is 196 Å². The van der Waals surface area contributed by atoms with Crippen LogP contribution in [0, 0.1) is 0 Å². The lowest BCUT2D eigenvalue weighted by Crippen LogP contribution is -2.36. The number of thiophene rings is 1. The molecule has 0 radical (unpaired) electrons. The summed E-state index contributed by atoms with van der Waals surface area (Å²) in [5, 5.41) is 4.08. The summed E-state index contributed by atoms with van der Waals surface area (Å²) in [6.07, 6.45) is 6.49. The van der Waals surface area contributed by atoms with Gasteiger partial charge in [-0.2, -0.15) is 0 Å². The largest absolute Gasteiger partial charge is 0.323 e. The van der Waals surface area contributed by atoms with Gasteiger partial charge in [0.05, 0.1) is 22.6 Å². The van der Waals surface area contributed by atoms with E-state index < -0.39 is 6.04 Å². The number of halogens is 1. The molecule has 32 heavy (non-hydrogen) atoms. The van der Waals surface area contributed by atoms with Gasteiger partial charge in [0.25, 0.3) is 5.56 Å². The van der Waals surface area contributed by atoms with Crippen molar-refractivity contribution in [2.45, 2.75) is 58.0 Å². The minimum Gasteiger partial charge on any atom is -0.323 e. The lowest BCUT2D eigenvalue weighted by molar-refractivity contribution is -0.119. The lowest BCUT2D eigenvalue weighted by Gasteiger charge is -2.22. The predicted octanol–water partition coefficient (Wildman–Crippen LogP) is 4.79. The van der Waals surface area contributed by atoms with Crippen molar-refractivity contribution in [2.75, 3.05) is 18.4 Å². The van der Waals surface area contributed by atoms with E-state index >= 15 is 0 Å². The molecular weight excluding hydrogens is 444 g/mol. The third-order valence-electron chi connectivity index (χ3n) is 6.56.